The number of carbonyl (C=O) groups excluding carboxylic acids is 1. The number of anilines is 2. The van der Waals surface area contributed by atoms with Crippen LogP contribution in [0.1, 0.15) is 11.1 Å². The topological polar surface area (TPSA) is 32.8 Å². The number of amides is 1. The number of halogens is 1. The van der Waals surface area contributed by atoms with Gasteiger partial charge >= 0.3 is 0 Å². The van der Waals surface area contributed by atoms with Crippen molar-refractivity contribution >= 4 is 51.7 Å². The molecule has 0 aromatic heterocycles. The summed E-state index contributed by atoms with van der Waals surface area (Å²) < 4.78 is 19.4. The van der Waals surface area contributed by atoms with E-state index in [1.807, 2.05) is 73.6 Å². The highest BCUT2D eigenvalue weighted by atomic mass is 32.2. The number of benzene rings is 3. The molecule has 4 nitrogen and oxygen atoms in total. The highest BCUT2D eigenvalue weighted by Crippen LogP contribution is 2.36. The lowest BCUT2D eigenvalue weighted by Crippen LogP contribution is -2.27. The Hall–Kier alpha value is -3.16. The lowest BCUT2D eigenvalue weighted by molar-refractivity contribution is -0.113. The number of nitrogens with zero attached hydrogens (tertiary/aromatic N) is 2. The number of hydrogen-bond donors (Lipinski definition) is 0. The molecule has 0 atom stereocenters. The van der Waals surface area contributed by atoms with Gasteiger partial charge in [-0.2, -0.15) is 0 Å². The van der Waals surface area contributed by atoms with Crippen LogP contribution in [-0.2, 0) is 11.4 Å². The van der Waals surface area contributed by atoms with Gasteiger partial charge < -0.3 is 9.64 Å². The van der Waals surface area contributed by atoms with E-state index >= 15 is 0 Å². The summed E-state index contributed by atoms with van der Waals surface area (Å²) in [6.07, 6.45) is 1.82. The van der Waals surface area contributed by atoms with Crippen LogP contribution in [0.25, 0.3) is 6.08 Å². The van der Waals surface area contributed by atoms with E-state index in [-0.39, 0.29) is 11.7 Å². The SMILES string of the molecule is CN(C)c1ccc(N2C(=O)/C(=C/c3cccc(OCc4ccc(F)cc4)c3)SC2=S)cc1. The molecule has 32 heavy (non-hydrogen) atoms. The van der Waals surface area contributed by atoms with Gasteiger partial charge in [-0.3, -0.25) is 9.69 Å². The van der Waals surface area contributed by atoms with Gasteiger partial charge in [-0.25, -0.2) is 4.39 Å². The van der Waals surface area contributed by atoms with E-state index in [0.717, 1.165) is 22.5 Å². The highest BCUT2D eigenvalue weighted by Gasteiger charge is 2.33. The molecule has 0 N–H and O–H groups in total. The Morgan fingerprint density at radius 2 is 1.78 bits per heavy atom. The normalized spacial score (nSPS) is 14.8. The first-order valence-corrected chi connectivity index (χ1v) is 11.2. The van der Waals surface area contributed by atoms with Crippen molar-refractivity contribution in [2.45, 2.75) is 6.61 Å². The average molecular weight is 465 g/mol. The van der Waals surface area contributed by atoms with Crippen LogP contribution in [0, 0.1) is 5.82 Å². The van der Waals surface area contributed by atoms with Crippen molar-refractivity contribution in [3.63, 3.8) is 0 Å². The Labute approximate surface area is 196 Å². The number of thiocarbonyl (C=S) groups is 1. The second kappa shape index (κ2) is 9.54. The van der Waals surface area contributed by atoms with Gasteiger partial charge in [0.1, 0.15) is 18.2 Å². The molecule has 1 amide bonds. The molecule has 1 fully saturated rings. The molecule has 1 heterocycles. The Bertz CT molecular complexity index is 1180. The second-order valence-corrected chi connectivity index (χ2v) is 9.09. The van der Waals surface area contributed by atoms with Crippen molar-refractivity contribution in [3.8, 4) is 5.75 Å². The molecule has 7 heteroatoms. The quantitative estimate of drug-likeness (QED) is 0.336. The van der Waals surface area contributed by atoms with E-state index in [2.05, 4.69) is 0 Å². The number of thioether (sulfide) groups is 1. The molecule has 3 aromatic carbocycles. The first-order valence-electron chi connectivity index (χ1n) is 9.93. The van der Waals surface area contributed by atoms with Crippen LogP contribution in [0.3, 0.4) is 0 Å². The minimum Gasteiger partial charge on any atom is -0.489 e. The van der Waals surface area contributed by atoms with Gasteiger partial charge in [-0.05, 0) is 65.7 Å². The van der Waals surface area contributed by atoms with Crippen molar-refractivity contribution in [1.82, 2.24) is 0 Å². The van der Waals surface area contributed by atoms with E-state index in [1.165, 1.54) is 23.9 Å². The zero-order valence-electron chi connectivity index (χ0n) is 17.6. The molecular weight excluding hydrogens is 443 g/mol. The summed E-state index contributed by atoms with van der Waals surface area (Å²) in [5.41, 5.74) is 3.51. The zero-order chi connectivity index (χ0) is 22.7. The molecule has 0 unspecified atom stereocenters. The molecule has 1 aliphatic heterocycles. The van der Waals surface area contributed by atoms with E-state index in [9.17, 15) is 9.18 Å². The van der Waals surface area contributed by atoms with Crippen molar-refractivity contribution in [2.24, 2.45) is 0 Å². The van der Waals surface area contributed by atoms with Gasteiger partial charge in [0.25, 0.3) is 5.91 Å². The molecule has 4 rings (SSSR count). The van der Waals surface area contributed by atoms with Crippen molar-refractivity contribution in [3.05, 3.63) is 94.6 Å². The summed E-state index contributed by atoms with van der Waals surface area (Å²) in [6.45, 7) is 0.328. The Morgan fingerprint density at radius 1 is 1.06 bits per heavy atom. The van der Waals surface area contributed by atoms with Crippen molar-refractivity contribution in [1.29, 1.82) is 0 Å². The van der Waals surface area contributed by atoms with Gasteiger partial charge in [0, 0.05) is 19.8 Å². The van der Waals surface area contributed by atoms with E-state index < -0.39 is 0 Å². The Morgan fingerprint density at radius 3 is 2.47 bits per heavy atom. The fraction of sp³-hybridized carbons (Fsp3) is 0.120. The molecule has 162 valence electrons. The molecule has 0 radical (unpaired) electrons. The summed E-state index contributed by atoms with van der Waals surface area (Å²) in [5.74, 6) is 0.245. The van der Waals surface area contributed by atoms with Gasteiger partial charge in [0.15, 0.2) is 4.32 Å². The standard InChI is InChI=1S/C25H21FN2O2S2/c1-27(2)20-10-12-21(13-11-20)28-24(29)23(32-25(28)31)15-18-4-3-5-22(14-18)30-16-17-6-8-19(26)9-7-17/h3-15H,16H2,1-2H3/b23-15-. The summed E-state index contributed by atoms with van der Waals surface area (Å²) in [7, 11) is 3.93. The molecule has 1 saturated heterocycles. The van der Waals surface area contributed by atoms with E-state index in [0.29, 0.717) is 21.6 Å². The fourth-order valence-corrected chi connectivity index (χ4v) is 4.48. The third-order valence-corrected chi connectivity index (χ3v) is 6.19. The van der Waals surface area contributed by atoms with Crippen LogP contribution in [-0.4, -0.2) is 24.3 Å². The minimum atomic E-state index is -0.276. The molecule has 3 aromatic rings. The van der Waals surface area contributed by atoms with Gasteiger partial charge in [-0.1, -0.05) is 48.2 Å². The third-order valence-electron chi connectivity index (χ3n) is 4.89. The summed E-state index contributed by atoms with van der Waals surface area (Å²) in [4.78, 5) is 17.2. The van der Waals surface area contributed by atoms with Crippen LogP contribution in [0.15, 0.2) is 77.7 Å². The Balaban J connectivity index is 1.48. The van der Waals surface area contributed by atoms with Crippen LogP contribution in [0.2, 0.25) is 0 Å². The van der Waals surface area contributed by atoms with Crippen LogP contribution in [0.4, 0.5) is 15.8 Å². The molecule has 1 aliphatic rings. The lowest BCUT2D eigenvalue weighted by Gasteiger charge is -2.17. The van der Waals surface area contributed by atoms with E-state index in [4.69, 9.17) is 17.0 Å². The lowest BCUT2D eigenvalue weighted by atomic mass is 10.2. The maximum Gasteiger partial charge on any atom is 0.270 e. The first-order chi connectivity index (χ1) is 15.4. The predicted molar refractivity (Wildman–Crippen MR) is 134 cm³/mol. The summed E-state index contributed by atoms with van der Waals surface area (Å²) >= 11 is 6.75. The first kappa shape index (κ1) is 22.0. The van der Waals surface area contributed by atoms with E-state index in [1.54, 1.807) is 17.0 Å². The third kappa shape index (κ3) is 5.00. The minimum absolute atomic E-state index is 0.143. The molecule has 0 spiro atoms. The smallest absolute Gasteiger partial charge is 0.270 e. The average Bonchev–Trinajstić information content (AvgIpc) is 3.06. The van der Waals surface area contributed by atoms with Crippen LogP contribution in [0.5, 0.6) is 5.75 Å². The van der Waals surface area contributed by atoms with Crippen LogP contribution >= 0.6 is 24.0 Å². The molecule has 0 bridgehead atoms. The summed E-state index contributed by atoms with van der Waals surface area (Å²) in [5, 5.41) is 0. The van der Waals surface area contributed by atoms with Gasteiger partial charge in [0.05, 0.1) is 10.6 Å². The Kier molecular flexibility index (Phi) is 6.58. The summed E-state index contributed by atoms with van der Waals surface area (Å²) in [6, 6.07) is 21.4. The highest BCUT2D eigenvalue weighted by molar-refractivity contribution is 8.27. The zero-order valence-corrected chi connectivity index (χ0v) is 19.3. The monoisotopic (exact) mass is 464 g/mol. The van der Waals surface area contributed by atoms with Crippen LogP contribution < -0.4 is 14.5 Å². The molecular formula is C25H21FN2O2S2. The van der Waals surface area contributed by atoms with Crippen molar-refractivity contribution < 1.29 is 13.9 Å². The number of ether oxygens (including phenoxy) is 1. The fourth-order valence-electron chi connectivity index (χ4n) is 3.18. The predicted octanol–water partition coefficient (Wildman–Crippen LogP) is 5.88. The van der Waals surface area contributed by atoms with Crippen molar-refractivity contribution in [2.75, 3.05) is 23.9 Å². The molecule has 0 aliphatic carbocycles. The van der Waals surface area contributed by atoms with Gasteiger partial charge in [0.2, 0.25) is 0 Å². The molecule has 0 saturated carbocycles. The largest absolute Gasteiger partial charge is 0.489 e. The maximum absolute atomic E-state index is 13.0. The number of carbonyl (C=O) groups is 1. The second-order valence-electron chi connectivity index (χ2n) is 7.42. The van der Waals surface area contributed by atoms with Gasteiger partial charge in [-0.15, -0.1) is 0 Å². The number of rotatable bonds is 6. The maximum atomic E-state index is 13.0. The number of hydrogen-bond acceptors (Lipinski definition) is 5.